The third-order valence-electron chi connectivity index (χ3n) is 2.14. The molecule has 2 aromatic rings. The van der Waals surface area contributed by atoms with Crippen molar-refractivity contribution in [3.63, 3.8) is 0 Å². The fraction of sp³-hybridized carbons (Fsp3) is 0.182. The van der Waals surface area contributed by atoms with E-state index in [4.69, 9.17) is 0 Å². The van der Waals surface area contributed by atoms with E-state index in [9.17, 15) is 4.79 Å². The van der Waals surface area contributed by atoms with E-state index in [1.54, 1.807) is 10.9 Å². The molecule has 0 aliphatic carbocycles. The van der Waals surface area contributed by atoms with E-state index in [1.165, 1.54) is 11.3 Å². The van der Waals surface area contributed by atoms with Crippen molar-refractivity contribution in [2.24, 2.45) is 0 Å². The number of hydrogen-bond donors (Lipinski definition) is 1. The predicted molar refractivity (Wildman–Crippen MR) is 63.8 cm³/mol. The minimum atomic E-state index is -0.199. The van der Waals surface area contributed by atoms with Gasteiger partial charge in [-0.2, -0.15) is 0 Å². The average Bonchev–Trinajstić information content (AvgIpc) is 2.75. The summed E-state index contributed by atoms with van der Waals surface area (Å²) in [6.45, 7) is 3.78. The van der Waals surface area contributed by atoms with Gasteiger partial charge in [0.1, 0.15) is 5.69 Å². The van der Waals surface area contributed by atoms with Crippen LogP contribution in [0.5, 0.6) is 0 Å². The molecule has 0 spiro atoms. The molecule has 2 heterocycles. The molecule has 0 aliphatic rings. The molecule has 5 heteroatoms. The minimum absolute atomic E-state index is 0.199. The summed E-state index contributed by atoms with van der Waals surface area (Å²) in [5, 5.41) is 4.50. The van der Waals surface area contributed by atoms with Crippen LogP contribution in [0.2, 0.25) is 0 Å². The van der Waals surface area contributed by atoms with Gasteiger partial charge in [-0.15, -0.1) is 11.3 Å². The molecule has 0 fully saturated rings. The van der Waals surface area contributed by atoms with Crippen molar-refractivity contribution in [3.8, 4) is 0 Å². The molecular weight excluding hydrogens is 222 g/mol. The highest BCUT2D eigenvalue weighted by molar-refractivity contribution is 7.07. The van der Waals surface area contributed by atoms with Gasteiger partial charge < -0.3 is 5.32 Å². The minimum Gasteiger partial charge on any atom is -0.319 e. The number of carbonyl (C=O) groups is 1. The first-order chi connectivity index (χ1) is 7.66. The zero-order chi connectivity index (χ0) is 11.5. The number of aryl methyl sites for hydroxylation is 2. The van der Waals surface area contributed by atoms with Gasteiger partial charge in [0.15, 0.2) is 0 Å². The van der Waals surface area contributed by atoms with Gasteiger partial charge in [-0.25, -0.2) is 4.98 Å². The number of hydrogen-bond acceptors (Lipinski definition) is 4. The quantitative estimate of drug-likeness (QED) is 0.866. The van der Waals surface area contributed by atoms with Crippen molar-refractivity contribution < 1.29 is 4.79 Å². The van der Waals surface area contributed by atoms with Gasteiger partial charge in [-0.05, 0) is 26.0 Å². The molecule has 0 saturated heterocycles. The maximum absolute atomic E-state index is 11.7. The van der Waals surface area contributed by atoms with Gasteiger partial charge in [0.25, 0.3) is 5.91 Å². The largest absolute Gasteiger partial charge is 0.319 e. The van der Waals surface area contributed by atoms with Crippen molar-refractivity contribution in [3.05, 3.63) is 40.1 Å². The van der Waals surface area contributed by atoms with E-state index in [0.29, 0.717) is 5.69 Å². The van der Waals surface area contributed by atoms with Crippen LogP contribution in [-0.4, -0.2) is 15.9 Å². The molecule has 16 heavy (non-hydrogen) atoms. The summed E-state index contributed by atoms with van der Waals surface area (Å²) < 4.78 is 0. The lowest BCUT2D eigenvalue weighted by atomic mass is 10.2. The summed E-state index contributed by atoms with van der Waals surface area (Å²) in [7, 11) is 0. The zero-order valence-electron chi connectivity index (χ0n) is 9.02. The highest BCUT2D eigenvalue weighted by Gasteiger charge is 2.09. The molecule has 2 aromatic heterocycles. The maximum Gasteiger partial charge on any atom is 0.275 e. The Bertz CT molecular complexity index is 508. The Morgan fingerprint density at radius 3 is 2.81 bits per heavy atom. The topological polar surface area (TPSA) is 54.9 Å². The number of rotatable bonds is 2. The second-order valence-electron chi connectivity index (χ2n) is 3.41. The number of carbonyl (C=O) groups excluding carboxylic acids is 1. The number of aromatic nitrogens is 2. The van der Waals surface area contributed by atoms with Gasteiger partial charge in [-0.1, -0.05) is 0 Å². The van der Waals surface area contributed by atoms with Crippen LogP contribution in [-0.2, 0) is 0 Å². The van der Waals surface area contributed by atoms with Crippen molar-refractivity contribution in [2.45, 2.75) is 13.8 Å². The van der Waals surface area contributed by atoms with Gasteiger partial charge in [-0.3, -0.25) is 9.78 Å². The maximum atomic E-state index is 11.7. The summed E-state index contributed by atoms with van der Waals surface area (Å²) in [6, 6.07) is 3.71. The zero-order valence-corrected chi connectivity index (χ0v) is 9.84. The summed E-state index contributed by atoms with van der Waals surface area (Å²) in [5.41, 5.74) is 4.54. The van der Waals surface area contributed by atoms with Crippen LogP contribution in [0.25, 0.3) is 0 Å². The SMILES string of the molecule is Cc1ccc(NC(=O)c2cscn2)c(C)n1. The number of amides is 1. The molecule has 0 aliphatic heterocycles. The normalized spacial score (nSPS) is 10.1. The van der Waals surface area contributed by atoms with Crippen LogP contribution >= 0.6 is 11.3 Å². The molecule has 0 aromatic carbocycles. The van der Waals surface area contributed by atoms with Gasteiger partial charge in [0, 0.05) is 11.1 Å². The number of pyridine rings is 1. The molecule has 2 rings (SSSR count). The second kappa shape index (κ2) is 4.40. The van der Waals surface area contributed by atoms with E-state index in [0.717, 1.165) is 17.1 Å². The Labute approximate surface area is 97.4 Å². The van der Waals surface area contributed by atoms with Crippen LogP contribution in [0.4, 0.5) is 5.69 Å². The number of nitrogens with zero attached hydrogens (tertiary/aromatic N) is 2. The monoisotopic (exact) mass is 233 g/mol. The standard InChI is InChI=1S/C11H11N3OS/c1-7-3-4-9(8(2)13-7)14-11(15)10-5-16-6-12-10/h3-6H,1-2H3,(H,14,15). The lowest BCUT2D eigenvalue weighted by Gasteiger charge is -2.06. The molecule has 82 valence electrons. The van der Waals surface area contributed by atoms with Crippen LogP contribution in [0.3, 0.4) is 0 Å². The first-order valence-corrected chi connectivity index (χ1v) is 5.75. The molecule has 1 N–H and O–H groups in total. The molecule has 0 radical (unpaired) electrons. The molecular formula is C11H11N3OS. The third-order valence-corrected chi connectivity index (χ3v) is 2.72. The lowest BCUT2D eigenvalue weighted by molar-refractivity contribution is 0.102. The number of anilines is 1. The highest BCUT2D eigenvalue weighted by atomic mass is 32.1. The van der Waals surface area contributed by atoms with Crippen molar-refractivity contribution in [1.29, 1.82) is 0 Å². The van der Waals surface area contributed by atoms with E-state index in [-0.39, 0.29) is 5.91 Å². The van der Waals surface area contributed by atoms with Crippen LogP contribution in [0.1, 0.15) is 21.9 Å². The Kier molecular flexibility index (Phi) is 2.96. The summed E-state index contributed by atoms with van der Waals surface area (Å²) in [6.07, 6.45) is 0. The van der Waals surface area contributed by atoms with Crippen molar-refractivity contribution >= 4 is 22.9 Å². The Hall–Kier alpha value is -1.75. The molecule has 4 nitrogen and oxygen atoms in total. The van der Waals surface area contributed by atoms with Gasteiger partial charge in [0.05, 0.1) is 16.9 Å². The lowest BCUT2D eigenvalue weighted by Crippen LogP contribution is -2.13. The molecule has 0 atom stereocenters. The number of thiazole rings is 1. The first kappa shape index (κ1) is 10.8. The third kappa shape index (κ3) is 2.25. The number of nitrogens with one attached hydrogen (secondary N) is 1. The summed E-state index contributed by atoms with van der Waals surface area (Å²) >= 11 is 1.40. The fourth-order valence-electron chi connectivity index (χ4n) is 1.33. The second-order valence-corrected chi connectivity index (χ2v) is 4.13. The van der Waals surface area contributed by atoms with Crippen LogP contribution in [0, 0.1) is 13.8 Å². The predicted octanol–water partition coefficient (Wildman–Crippen LogP) is 2.41. The smallest absolute Gasteiger partial charge is 0.275 e. The Morgan fingerprint density at radius 2 is 2.19 bits per heavy atom. The molecule has 0 saturated carbocycles. The first-order valence-electron chi connectivity index (χ1n) is 4.80. The van der Waals surface area contributed by atoms with Crippen molar-refractivity contribution in [1.82, 2.24) is 9.97 Å². The van der Waals surface area contributed by atoms with E-state index >= 15 is 0 Å². The fourth-order valence-corrected chi connectivity index (χ4v) is 1.86. The summed E-state index contributed by atoms with van der Waals surface area (Å²) in [5.74, 6) is -0.199. The Balaban J connectivity index is 2.18. The molecule has 0 unspecified atom stereocenters. The van der Waals surface area contributed by atoms with Gasteiger partial charge in [0.2, 0.25) is 0 Å². The van der Waals surface area contributed by atoms with E-state index < -0.39 is 0 Å². The van der Waals surface area contributed by atoms with E-state index in [2.05, 4.69) is 15.3 Å². The van der Waals surface area contributed by atoms with Gasteiger partial charge >= 0.3 is 0 Å². The summed E-state index contributed by atoms with van der Waals surface area (Å²) in [4.78, 5) is 19.9. The van der Waals surface area contributed by atoms with E-state index in [1.807, 2.05) is 26.0 Å². The highest BCUT2D eigenvalue weighted by Crippen LogP contribution is 2.14. The Morgan fingerprint density at radius 1 is 1.38 bits per heavy atom. The molecule has 0 bridgehead atoms. The van der Waals surface area contributed by atoms with Crippen molar-refractivity contribution in [2.75, 3.05) is 5.32 Å². The molecule has 1 amide bonds. The van der Waals surface area contributed by atoms with Crippen LogP contribution in [0.15, 0.2) is 23.0 Å². The van der Waals surface area contributed by atoms with Crippen LogP contribution < -0.4 is 5.32 Å². The average molecular weight is 233 g/mol.